The topological polar surface area (TPSA) is 58.7 Å². The van der Waals surface area contributed by atoms with Gasteiger partial charge in [-0.05, 0) is 41.8 Å². The lowest BCUT2D eigenvalue weighted by molar-refractivity contribution is -0.130. The van der Waals surface area contributed by atoms with Gasteiger partial charge in [-0.2, -0.15) is 5.10 Å². The van der Waals surface area contributed by atoms with Gasteiger partial charge in [-0.25, -0.2) is 9.99 Å². The molecule has 6 heteroatoms. The van der Waals surface area contributed by atoms with Gasteiger partial charge in [-0.15, -0.1) is 11.3 Å². The number of carbonyl (C=O) groups is 1. The fourth-order valence-electron chi connectivity index (χ4n) is 3.49. The number of aromatic nitrogens is 1. The molecule has 5 nitrogen and oxygen atoms in total. The molecule has 2 aromatic carbocycles. The second-order valence-corrected chi connectivity index (χ2v) is 7.69. The molecule has 0 spiro atoms. The van der Waals surface area contributed by atoms with Crippen LogP contribution in [-0.4, -0.2) is 21.6 Å². The molecule has 3 heterocycles. The first-order chi connectivity index (χ1) is 13.7. The third kappa shape index (κ3) is 2.92. The van der Waals surface area contributed by atoms with Gasteiger partial charge >= 0.3 is 0 Å². The second-order valence-electron chi connectivity index (χ2n) is 6.71. The summed E-state index contributed by atoms with van der Waals surface area (Å²) in [5.74, 6) is 0.546. The minimum Gasteiger partial charge on any atom is -0.436 e. The molecular formula is C22H17N3O2S. The zero-order chi connectivity index (χ0) is 19.1. The second kappa shape index (κ2) is 6.73. The van der Waals surface area contributed by atoms with Gasteiger partial charge in [0, 0.05) is 29.3 Å². The Morgan fingerprint density at radius 3 is 2.71 bits per heavy atom. The summed E-state index contributed by atoms with van der Waals surface area (Å²) in [5.41, 5.74) is 4.32. The van der Waals surface area contributed by atoms with Gasteiger partial charge in [-0.3, -0.25) is 4.79 Å². The fraction of sp³-hybridized carbons (Fsp3) is 0.136. The van der Waals surface area contributed by atoms with E-state index in [1.807, 2.05) is 60.0 Å². The predicted molar refractivity (Wildman–Crippen MR) is 110 cm³/mol. The predicted octanol–water partition coefficient (Wildman–Crippen LogP) is 5.25. The molecule has 0 radical (unpaired) electrons. The van der Waals surface area contributed by atoms with E-state index in [1.54, 1.807) is 23.3 Å². The van der Waals surface area contributed by atoms with Crippen LogP contribution in [0.2, 0.25) is 0 Å². The summed E-state index contributed by atoms with van der Waals surface area (Å²) in [6.45, 7) is 1.56. The number of thiophene rings is 1. The van der Waals surface area contributed by atoms with E-state index in [1.165, 1.54) is 0 Å². The molecule has 1 aliphatic rings. The van der Waals surface area contributed by atoms with Crippen molar-refractivity contribution >= 4 is 34.1 Å². The average Bonchev–Trinajstić information content (AvgIpc) is 3.46. The summed E-state index contributed by atoms with van der Waals surface area (Å²) in [4.78, 5) is 17.9. The lowest BCUT2D eigenvalue weighted by atomic mass is 10.0. The van der Waals surface area contributed by atoms with Crippen molar-refractivity contribution in [3.05, 3.63) is 76.5 Å². The summed E-state index contributed by atoms with van der Waals surface area (Å²) < 4.78 is 5.90. The Labute approximate surface area is 165 Å². The van der Waals surface area contributed by atoms with Gasteiger partial charge in [-0.1, -0.05) is 24.3 Å². The van der Waals surface area contributed by atoms with Gasteiger partial charge in [0.2, 0.25) is 11.8 Å². The maximum absolute atomic E-state index is 12.1. The van der Waals surface area contributed by atoms with Gasteiger partial charge in [0.25, 0.3) is 0 Å². The number of benzene rings is 2. The van der Waals surface area contributed by atoms with Crippen molar-refractivity contribution in [3.8, 4) is 11.5 Å². The highest BCUT2D eigenvalue weighted by atomic mass is 32.1. The highest BCUT2D eigenvalue weighted by molar-refractivity contribution is 7.10. The molecule has 0 saturated carbocycles. The molecule has 1 aliphatic heterocycles. The summed E-state index contributed by atoms with van der Waals surface area (Å²) >= 11 is 1.65. The summed E-state index contributed by atoms with van der Waals surface area (Å²) in [5, 5.41) is 8.23. The highest BCUT2D eigenvalue weighted by Crippen LogP contribution is 2.35. The number of hydrogen-bond acceptors (Lipinski definition) is 5. The Hall–Kier alpha value is -3.25. The molecule has 0 aliphatic carbocycles. The quantitative estimate of drug-likeness (QED) is 0.482. The lowest BCUT2D eigenvalue weighted by Crippen LogP contribution is -2.23. The van der Waals surface area contributed by atoms with Gasteiger partial charge < -0.3 is 4.42 Å². The average molecular weight is 387 g/mol. The SMILES string of the molecule is CC(=O)N1N=C(c2ccc3oc(-c4ccccc4)nc3c2)CC1c1cccs1. The maximum atomic E-state index is 12.1. The van der Waals surface area contributed by atoms with Crippen LogP contribution >= 0.6 is 11.3 Å². The Kier molecular flexibility index (Phi) is 4.06. The normalized spacial score (nSPS) is 16.5. The number of hydrogen-bond donors (Lipinski definition) is 0. The number of hydrazone groups is 1. The molecule has 0 N–H and O–H groups in total. The van der Waals surface area contributed by atoms with E-state index in [9.17, 15) is 4.79 Å². The van der Waals surface area contributed by atoms with Crippen LogP contribution in [0.5, 0.6) is 0 Å². The first kappa shape index (κ1) is 16.9. The van der Waals surface area contributed by atoms with Crippen molar-refractivity contribution in [1.82, 2.24) is 9.99 Å². The summed E-state index contributed by atoms with van der Waals surface area (Å²) in [6, 6.07) is 19.7. The molecule has 28 heavy (non-hydrogen) atoms. The van der Waals surface area contributed by atoms with Crippen molar-refractivity contribution in [3.63, 3.8) is 0 Å². The summed E-state index contributed by atoms with van der Waals surface area (Å²) in [7, 11) is 0. The van der Waals surface area contributed by atoms with E-state index >= 15 is 0 Å². The molecule has 5 rings (SSSR count). The van der Waals surface area contributed by atoms with Crippen molar-refractivity contribution in [2.45, 2.75) is 19.4 Å². The Morgan fingerprint density at radius 2 is 1.96 bits per heavy atom. The van der Waals surface area contributed by atoms with E-state index in [4.69, 9.17) is 4.42 Å². The van der Waals surface area contributed by atoms with E-state index < -0.39 is 0 Å². The number of nitrogens with zero attached hydrogens (tertiary/aromatic N) is 3. The van der Waals surface area contributed by atoms with Crippen LogP contribution < -0.4 is 0 Å². The highest BCUT2D eigenvalue weighted by Gasteiger charge is 2.32. The van der Waals surface area contributed by atoms with E-state index in [2.05, 4.69) is 16.2 Å². The van der Waals surface area contributed by atoms with Crippen molar-refractivity contribution in [2.24, 2.45) is 5.10 Å². The fourth-order valence-corrected chi connectivity index (χ4v) is 4.30. The smallest absolute Gasteiger partial charge is 0.240 e. The van der Waals surface area contributed by atoms with Crippen LogP contribution in [0.1, 0.15) is 29.8 Å². The lowest BCUT2D eigenvalue weighted by Gasteiger charge is -2.18. The van der Waals surface area contributed by atoms with Crippen LogP contribution in [0.4, 0.5) is 0 Å². The van der Waals surface area contributed by atoms with Crippen LogP contribution in [0.25, 0.3) is 22.6 Å². The molecule has 1 unspecified atom stereocenters. The zero-order valence-electron chi connectivity index (χ0n) is 15.2. The van der Waals surface area contributed by atoms with Crippen LogP contribution in [0.15, 0.2) is 75.6 Å². The Bertz CT molecular complexity index is 1180. The number of amides is 1. The third-order valence-corrected chi connectivity index (χ3v) is 5.82. The molecule has 0 fully saturated rings. The van der Waals surface area contributed by atoms with Gasteiger partial charge in [0.15, 0.2) is 5.58 Å². The number of fused-ring (bicyclic) bond motifs is 1. The zero-order valence-corrected chi connectivity index (χ0v) is 16.0. The third-order valence-electron chi connectivity index (χ3n) is 4.85. The monoisotopic (exact) mass is 387 g/mol. The van der Waals surface area contributed by atoms with Gasteiger partial charge in [0.1, 0.15) is 5.52 Å². The molecule has 1 amide bonds. The number of oxazole rings is 1. The molecule has 0 bridgehead atoms. The van der Waals surface area contributed by atoms with Crippen LogP contribution in [0.3, 0.4) is 0 Å². The van der Waals surface area contributed by atoms with Crippen LogP contribution in [-0.2, 0) is 4.79 Å². The first-order valence-corrected chi connectivity index (χ1v) is 9.94. The molecule has 4 aromatic rings. The van der Waals surface area contributed by atoms with E-state index in [0.717, 1.165) is 32.8 Å². The van der Waals surface area contributed by atoms with E-state index in [-0.39, 0.29) is 11.9 Å². The van der Waals surface area contributed by atoms with Crippen molar-refractivity contribution < 1.29 is 9.21 Å². The Morgan fingerprint density at radius 1 is 1.11 bits per heavy atom. The molecular weight excluding hydrogens is 370 g/mol. The van der Waals surface area contributed by atoms with E-state index in [0.29, 0.717) is 12.3 Å². The summed E-state index contributed by atoms with van der Waals surface area (Å²) in [6.07, 6.45) is 0.689. The molecule has 2 aromatic heterocycles. The largest absolute Gasteiger partial charge is 0.436 e. The minimum absolute atomic E-state index is 0.0413. The van der Waals surface area contributed by atoms with Crippen LogP contribution in [0, 0.1) is 0 Å². The molecule has 1 atom stereocenters. The Balaban J connectivity index is 1.50. The standard InChI is InChI=1S/C22H17N3O2S/c1-14(26)25-19(21-8-5-11-28-21)13-17(24-25)16-9-10-20-18(12-16)23-22(27-20)15-6-3-2-4-7-15/h2-12,19H,13H2,1H3. The maximum Gasteiger partial charge on any atom is 0.240 e. The minimum atomic E-state index is -0.0534. The molecule has 0 saturated heterocycles. The molecule has 138 valence electrons. The van der Waals surface area contributed by atoms with Crippen molar-refractivity contribution in [1.29, 1.82) is 0 Å². The number of carbonyl (C=O) groups excluding carboxylic acids is 1. The first-order valence-electron chi connectivity index (χ1n) is 9.06. The van der Waals surface area contributed by atoms with Gasteiger partial charge in [0.05, 0.1) is 11.8 Å². The number of rotatable bonds is 3. The van der Waals surface area contributed by atoms with Crippen molar-refractivity contribution in [2.75, 3.05) is 0 Å².